The van der Waals surface area contributed by atoms with Crippen molar-refractivity contribution in [2.45, 2.75) is 0 Å². The van der Waals surface area contributed by atoms with Gasteiger partial charge >= 0.3 is 6.03 Å². The fraction of sp³-hybridized carbons (Fsp3) is 0.259. The van der Waals surface area contributed by atoms with Crippen molar-refractivity contribution in [1.29, 1.82) is 0 Å². The van der Waals surface area contributed by atoms with Crippen LogP contribution in [0.3, 0.4) is 0 Å². The molecular formula is C27H30N6O. The van der Waals surface area contributed by atoms with E-state index in [-0.39, 0.29) is 6.03 Å². The second kappa shape index (κ2) is 9.19. The third kappa shape index (κ3) is 4.22. The highest BCUT2D eigenvalue weighted by Crippen LogP contribution is 2.32. The van der Waals surface area contributed by atoms with E-state index in [1.807, 2.05) is 36.7 Å². The van der Waals surface area contributed by atoms with E-state index in [0.29, 0.717) is 0 Å². The van der Waals surface area contributed by atoms with Crippen molar-refractivity contribution in [2.75, 3.05) is 57.1 Å². The molecule has 1 aliphatic rings. The van der Waals surface area contributed by atoms with Gasteiger partial charge in [0.25, 0.3) is 0 Å². The number of amides is 2. The fourth-order valence-electron chi connectivity index (χ4n) is 4.48. The van der Waals surface area contributed by atoms with Crippen LogP contribution < -0.4 is 15.1 Å². The molecule has 2 amide bonds. The monoisotopic (exact) mass is 454 g/mol. The zero-order valence-electron chi connectivity index (χ0n) is 19.9. The summed E-state index contributed by atoms with van der Waals surface area (Å²) in [5.41, 5.74) is 7.38. The van der Waals surface area contributed by atoms with E-state index >= 15 is 0 Å². The van der Waals surface area contributed by atoms with Gasteiger partial charge in [0.2, 0.25) is 0 Å². The molecule has 3 heterocycles. The first kappa shape index (κ1) is 22.0. The average molecular weight is 455 g/mol. The molecule has 0 spiro atoms. The van der Waals surface area contributed by atoms with Crippen LogP contribution in [0.1, 0.15) is 0 Å². The Morgan fingerprint density at radius 2 is 1.65 bits per heavy atom. The van der Waals surface area contributed by atoms with Crippen LogP contribution in [-0.2, 0) is 0 Å². The highest BCUT2D eigenvalue weighted by molar-refractivity contribution is 5.96. The number of piperazine rings is 1. The first-order chi connectivity index (χ1) is 16.5. The molecule has 4 aromatic rings. The molecule has 7 heteroatoms. The van der Waals surface area contributed by atoms with Crippen molar-refractivity contribution in [1.82, 2.24) is 20.2 Å². The minimum absolute atomic E-state index is 0.146. The molecule has 2 aromatic carbocycles. The average Bonchev–Trinajstić information content (AvgIpc) is 3.32. The van der Waals surface area contributed by atoms with E-state index in [0.717, 1.165) is 65.2 Å². The Labute approximate surface area is 200 Å². The van der Waals surface area contributed by atoms with Crippen LogP contribution in [0.4, 0.5) is 16.2 Å². The van der Waals surface area contributed by atoms with Gasteiger partial charge in [-0.1, -0.05) is 24.3 Å². The van der Waals surface area contributed by atoms with Crippen LogP contribution in [0, 0.1) is 0 Å². The van der Waals surface area contributed by atoms with E-state index in [9.17, 15) is 4.79 Å². The Kier molecular flexibility index (Phi) is 5.94. The molecule has 7 nitrogen and oxygen atoms in total. The van der Waals surface area contributed by atoms with E-state index < -0.39 is 0 Å². The molecule has 0 saturated carbocycles. The number of hydrogen-bond acceptors (Lipinski definition) is 4. The number of nitrogens with one attached hydrogen (secondary N) is 2. The summed E-state index contributed by atoms with van der Waals surface area (Å²) in [6, 6.07) is 18.8. The van der Waals surface area contributed by atoms with Gasteiger partial charge in [-0.15, -0.1) is 0 Å². The number of fused-ring (bicyclic) bond motifs is 1. The Bertz CT molecular complexity index is 1290. The number of aromatic amines is 1. The van der Waals surface area contributed by atoms with Gasteiger partial charge in [-0.2, -0.15) is 0 Å². The number of rotatable bonds is 4. The molecule has 5 rings (SSSR count). The second-order valence-electron chi connectivity index (χ2n) is 8.82. The van der Waals surface area contributed by atoms with Crippen molar-refractivity contribution >= 4 is 28.4 Å². The van der Waals surface area contributed by atoms with Gasteiger partial charge in [-0.25, -0.2) is 9.78 Å². The molecule has 2 aromatic heterocycles. The topological polar surface area (TPSA) is 67.5 Å². The predicted octanol–water partition coefficient (Wildman–Crippen LogP) is 4.42. The lowest BCUT2D eigenvalue weighted by Gasteiger charge is -2.34. The number of pyridine rings is 1. The van der Waals surface area contributed by atoms with Crippen molar-refractivity contribution in [3.63, 3.8) is 0 Å². The third-order valence-corrected chi connectivity index (χ3v) is 6.68. The predicted molar refractivity (Wildman–Crippen MR) is 140 cm³/mol. The highest BCUT2D eigenvalue weighted by atomic mass is 16.2. The summed E-state index contributed by atoms with van der Waals surface area (Å²) in [6.07, 6.45) is 3.92. The molecule has 1 aliphatic heterocycles. The summed E-state index contributed by atoms with van der Waals surface area (Å²) in [7, 11) is 5.56. The summed E-state index contributed by atoms with van der Waals surface area (Å²) in [4.78, 5) is 26.3. The van der Waals surface area contributed by atoms with Gasteiger partial charge in [-0.3, -0.25) is 4.90 Å². The number of benzene rings is 2. The summed E-state index contributed by atoms with van der Waals surface area (Å²) in [5, 5.41) is 3.72. The van der Waals surface area contributed by atoms with Crippen LogP contribution in [0.25, 0.3) is 33.3 Å². The molecule has 0 bridgehead atoms. The minimum atomic E-state index is -0.146. The van der Waals surface area contributed by atoms with Gasteiger partial charge in [0, 0.05) is 80.6 Å². The number of anilines is 2. The lowest BCUT2D eigenvalue weighted by atomic mass is 10.0. The van der Waals surface area contributed by atoms with Crippen LogP contribution in [0.2, 0.25) is 0 Å². The zero-order valence-corrected chi connectivity index (χ0v) is 19.9. The maximum atomic E-state index is 11.9. The number of aromatic nitrogens is 2. The van der Waals surface area contributed by atoms with Gasteiger partial charge in [0.1, 0.15) is 5.65 Å². The van der Waals surface area contributed by atoms with Gasteiger partial charge in [-0.05, 0) is 48.5 Å². The Morgan fingerprint density at radius 1 is 0.971 bits per heavy atom. The molecule has 0 unspecified atom stereocenters. The first-order valence-corrected chi connectivity index (χ1v) is 11.6. The van der Waals surface area contributed by atoms with Gasteiger partial charge < -0.3 is 20.1 Å². The van der Waals surface area contributed by atoms with Crippen molar-refractivity contribution in [2.24, 2.45) is 0 Å². The van der Waals surface area contributed by atoms with Crippen LogP contribution in [0.15, 0.2) is 67.0 Å². The molecular weight excluding hydrogens is 424 g/mol. The van der Waals surface area contributed by atoms with E-state index in [2.05, 4.69) is 62.5 Å². The van der Waals surface area contributed by atoms with Crippen LogP contribution in [0.5, 0.6) is 0 Å². The van der Waals surface area contributed by atoms with Crippen molar-refractivity contribution in [3.05, 3.63) is 67.0 Å². The lowest BCUT2D eigenvalue weighted by molar-refractivity contribution is 0.249. The Balaban J connectivity index is 1.41. The van der Waals surface area contributed by atoms with Crippen molar-refractivity contribution in [3.8, 4) is 22.3 Å². The van der Waals surface area contributed by atoms with E-state index in [4.69, 9.17) is 0 Å². The molecule has 2 N–H and O–H groups in total. The number of carbonyl (C=O) groups is 1. The van der Waals surface area contributed by atoms with E-state index in [1.165, 1.54) is 5.69 Å². The lowest BCUT2D eigenvalue weighted by Crippen LogP contribution is -2.44. The maximum absolute atomic E-state index is 11.9. The number of H-pyrrole nitrogens is 1. The molecule has 0 aliphatic carbocycles. The summed E-state index contributed by atoms with van der Waals surface area (Å²) >= 11 is 0. The Morgan fingerprint density at radius 3 is 2.32 bits per heavy atom. The van der Waals surface area contributed by atoms with Crippen LogP contribution in [-0.4, -0.2) is 68.2 Å². The molecule has 34 heavy (non-hydrogen) atoms. The SMILES string of the molecule is CNC(=O)N(C)c1ccc(-c2c[nH]c3ncc(-c4ccc(N5CCN(C)CC5)cc4)cc23)cc1. The third-order valence-electron chi connectivity index (χ3n) is 6.68. The number of likely N-dealkylation sites (N-methyl/N-ethyl adjacent to an activating group) is 1. The number of urea groups is 1. The van der Waals surface area contributed by atoms with Gasteiger partial charge in [0.15, 0.2) is 0 Å². The second-order valence-corrected chi connectivity index (χ2v) is 8.82. The molecule has 0 atom stereocenters. The number of carbonyl (C=O) groups excluding carboxylic acids is 1. The largest absolute Gasteiger partial charge is 0.369 e. The quantitative estimate of drug-likeness (QED) is 0.479. The standard InChI is InChI=1S/C27H30N6O/c1-28-27(34)32(3)22-8-6-20(7-9-22)25-18-30-26-24(25)16-21(17-29-26)19-4-10-23(11-5-19)33-14-12-31(2)13-15-33/h4-11,16-18H,12-15H2,1-3H3,(H,28,34)(H,29,30). The summed E-state index contributed by atoms with van der Waals surface area (Å²) in [5.74, 6) is 0. The summed E-state index contributed by atoms with van der Waals surface area (Å²) < 4.78 is 0. The summed E-state index contributed by atoms with van der Waals surface area (Å²) in [6.45, 7) is 4.32. The highest BCUT2D eigenvalue weighted by Gasteiger charge is 2.15. The Hall–Kier alpha value is -3.84. The molecule has 1 saturated heterocycles. The van der Waals surface area contributed by atoms with Crippen molar-refractivity contribution < 1.29 is 4.79 Å². The van der Waals surface area contributed by atoms with E-state index in [1.54, 1.807) is 19.0 Å². The number of hydrogen-bond donors (Lipinski definition) is 2. The normalized spacial score (nSPS) is 14.4. The smallest absolute Gasteiger partial charge is 0.321 e. The zero-order chi connectivity index (χ0) is 23.7. The molecule has 174 valence electrons. The molecule has 0 radical (unpaired) electrons. The fourth-order valence-corrected chi connectivity index (χ4v) is 4.48. The first-order valence-electron chi connectivity index (χ1n) is 11.6. The minimum Gasteiger partial charge on any atom is -0.369 e. The van der Waals surface area contributed by atoms with Gasteiger partial charge in [0.05, 0.1) is 0 Å². The maximum Gasteiger partial charge on any atom is 0.321 e. The molecule has 1 fully saturated rings. The van der Waals surface area contributed by atoms with Crippen LogP contribution >= 0.6 is 0 Å². The number of nitrogens with zero attached hydrogens (tertiary/aromatic N) is 4.